The summed E-state index contributed by atoms with van der Waals surface area (Å²) in [6.45, 7) is 1.65. The molecule has 4 N–H and O–H groups in total. The van der Waals surface area contributed by atoms with Crippen LogP contribution in [-0.2, 0) is 19.2 Å². The average molecular weight is 292 g/mol. The number of rotatable bonds is 9. The van der Waals surface area contributed by atoms with Crippen molar-refractivity contribution in [3.05, 3.63) is 0 Å². The average Bonchev–Trinajstić information content (AvgIpc) is 2.31. The Morgan fingerprint density at radius 3 is 1.35 bits per heavy atom. The van der Waals surface area contributed by atoms with Gasteiger partial charge in [0.25, 0.3) is 0 Å². The first-order valence-corrected chi connectivity index (χ1v) is 6.08. The molecular weight excluding hydrogens is 272 g/mol. The van der Waals surface area contributed by atoms with Crippen molar-refractivity contribution in [2.24, 2.45) is 5.92 Å². The fraction of sp³-hybridized carbons (Fsp3) is 0.667. The summed E-state index contributed by atoms with van der Waals surface area (Å²) in [6, 6.07) is 0. The molecule has 0 saturated carbocycles. The lowest BCUT2D eigenvalue weighted by molar-refractivity contribution is -0.148. The molecule has 0 bridgehead atoms. The van der Waals surface area contributed by atoms with Crippen LogP contribution in [0.15, 0.2) is 0 Å². The van der Waals surface area contributed by atoms with E-state index in [2.05, 4.69) is 0 Å². The molecule has 0 aromatic carbocycles. The van der Waals surface area contributed by atoms with Crippen molar-refractivity contribution in [2.45, 2.75) is 45.4 Å². The van der Waals surface area contributed by atoms with Gasteiger partial charge in [-0.3, -0.25) is 19.2 Å². The van der Waals surface area contributed by atoms with Crippen LogP contribution in [0, 0.1) is 5.92 Å². The van der Waals surface area contributed by atoms with Crippen LogP contribution >= 0.6 is 0 Å². The van der Waals surface area contributed by atoms with Crippen LogP contribution in [0.25, 0.3) is 0 Å². The summed E-state index contributed by atoms with van der Waals surface area (Å²) in [5, 5.41) is 32.8. The molecule has 0 aromatic heterocycles. The number of aliphatic carboxylic acids is 4. The molecule has 0 amide bonds. The lowest BCUT2D eigenvalue weighted by Gasteiger charge is -2.03. The van der Waals surface area contributed by atoms with Crippen LogP contribution in [0.4, 0.5) is 0 Å². The van der Waals surface area contributed by atoms with Gasteiger partial charge in [-0.25, -0.2) is 0 Å². The zero-order chi connectivity index (χ0) is 16.1. The van der Waals surface area contributed by atoms with Gasteiger partial charge in [-0.15, -0.1) is 0 Å². The number of hydrogen-bond donors (Lipinski definition) is 4. The second kappa shape index (κ2) is 11.9. The molecule has 0 heterocycles. The minimum atomic E-state index is -1.06. The lowest BCUT2D eigenvalue weighted by atomic mass is 10.0. The van der Waals surface area contributed by atoms with Crippen molar-refractivity contribution < 1.29 is 39.6 Å². The van der Waals surface area contributed by atoms with Gasteiger partial charge in [0.15, 0.2) is 0 Å². The van der Waals surface area contributed by atoms with E-state index in [1.807, 2.05) is 0 Å². The number of hydrogen-bond acceptors (Lipinski definition) is 4. The second-order valence-electron chi connectivity index (χ2n) is 4.04. The van der Waals surface area contributed by atoms with E-state index in [9.17, 15) is 19.2 Å². The van der Waals surface area contributed by atoms with Crippen LogP contribution in [0.5, 0.6) is 0 Å². The van der Waals surface area contributed by atoms with E-state index < -0.39 is 29.8 Å². The zero-order valence-electron chi connectivity index (χ0n) is 11.2. The number of carboxylic acids is 4. The van der Waals surface area contributed by atoms with Crippen molar-refractivity contribution in [3.8, 4) is 0 Å². The standard InChI is InChI=1S/2C6H10O4/c1-2-4(6(9)10)3-5(7)8;7-5(8)3-1-2-4-6(9)10/h4H,2-3H2,1H3,(H,7,8)(H,9,10);1-4H2,(H,7,8)(H,9,10). The SMILES string of the molecule is CCC(CC(=O)O)C(=O)O.O=C(O)CCCCC(=O)O. The Balaban J connectivity index is 0. The van der Waals surface area contributed by atoms with E-state index in [0.717, 1.165) is 0 Å². The Kier molecular flexibility index (Phi) is 12.1. The molecule has 0 aliphatic heterocycles. The van der Waals surface area contributed by atoms with Crippen molar-refractivity contribution in [1.29, 1.82) is 0 Å². The summed E-state index contributed by atoms with van der Waals surface area (Å²) in [5.74, 6) is -4.58. The van der Waals surface area contributed by atoms with Gasteiger partial charge in [0.1, 0.15) is 0 Å². The third-order valence-corrected chi connectivity index (χ3v) is 2.29. The molecule has 20 heavy (non-hydrogen) atoms. The molecule has 0 aliphatic rings. The van der Waals surface area contributed by atoms with Gasteiger partial charge in [0.05, 0.1) is 12.3 Å². The maximum absolute atomic E-state index is 10.2. The predicted molar refractivity (Wildman–Crippen MR) is 67.4 cm³/mol. The Labute approximate surface area is 116 Å². The van der Waals surface area contributed by atoms with Crippen LogP contribution in [0.3, 0.4) is 0 Å². The minimum absolute atomic E-state index is 0.0628. The quantitative estimate of drug-likeness (QED) is 0.464. The Bertz CT molecular complexity index is 320. The Hall–Kier alpha value is -2.12. The van der Waals surface area contributed by atoms with Crippen molar-refractivity contribution in [3.63, 3.8) is 0 Å². The number of carboxylic acid groups (broad SMARTS) is 4. The van der Waals surface area contributed by atoms with E-state index >= 15 is 0 Å². The fourth-order valence-electron chi connectivity index (χ4n) is 1.17. The van der Waals surface area contributed by atoms with E-state index in [4.69, 9.17) is 20.4 Å². The molecule has 0 spiro atoms. The monoisotopic (exact) mass is 292 g/mol. The summed E-state index contributed by atoms with van der Waals surface area (Å²) in [4.78, 5) is 40.0. The van der Waals surface area contributed by atoms with Gasteiger partial charge in [-0.2, -0.15) is 0 Å². The van der Waals surface area contributed by atoms with E-state index in [0.29, 0.717) is 19.3 Å². The normalized spacial score (nSPS) is 10.8. The minimum Gasteiger partial charge on any atom is -0.481 e. The molecule has 0 saturated heterocycles. The highest BCUT2D eigenvalue weighted by Crippen LogP contribution is 2.07. The van der Waals surface area contributed by atoms with Crippen LogP contribution in [-0.4, -0.2) is 44.3 Å². The molecule has 8 heteroatoms. The molecule has 1 unspecified atom stereocenters. The fourth-order valence-corrected chi connectivity index (χ4v) is 1.17. The molecule has 0 aliphatic carbocycles. The highest BCUT2D eigenvalue weighted by Gasteiger charge is 2.17. The van der Waals surface area contributed by atoms with Crippen molar-refractivity contribution in [1.82, 2.24) is 0 Å². The van der Waals surface area contributed by atoms with Crippen molar-refractivity contribution in [2.75, 3.05) is 0 Å². The van der Waals surface area contributed by atoms with Crippen molar-refractivity contribution >= 4 is 23.9 Å². The third kappa shape index (κ3) is 15.9. The number of carbonyl (C=O) groups is 4. The summed E-state index contributed by atoms with van der Waals surface area (Å²) in [7, 11) is 0. The molecule has 8 nitrogen and oxygen atoms in total. The number of unbranched alkanes of at least 4 members (excludes halogenated alkanes) is 1. The topological polar surface area (TPSA) is 149 Å². The maximum Gasteiger partial charge on any atom is 0.307 e. The molecule has 0 fully saturated rings. The molecule has 116 valence electrons. The molecule has 1 atom stereocenters. The second-order valence-corrected chi connectivity index (χ2v) is 4.04. The zero-order valence-corrected chi connectivity index (χ0v) is 11.2. The lowest BCUT2D eigenvalue weighted by Crippen LogP contribution is -2.16. The van der Waals surface area contributed by atoms with Gasteiger partial charge >= 0.3 is 23.9 Å². The summed E-state index contributed by atoms with van der Waals surface area (Å²) < 4.78 is 0. The summed E-state index contributed by atoms with van der Waals surface area (Å²) in [5.41, 5.74) is 0. The highest BCUT2D eigenvalue weighted by atomic mass is 16.4. The van der Waals surface area contributed by atoms with Crippen LogP contribution in [0.2, 0.25) is 0 Å². The third-order valence-electron chi connectivity index (χ3n) is 2.29. The van der Waals surface area contributed by atoms with Gasteiger partial charge in [-0.1, -0.05) is 6.92 Å². The van der Waals surface area contributed by atoms with E-state index in [1.54, 1.807) is 6.92 Å². The first-order valence-electron chi connectivity index (χ1n) is 6.08. The van der Waals surface area contributed by atoms with Gasteiger partial charge in [-0.05, 0) is 19.3 Å². The van der Waals surface area contributed by atoms with E-state index in [-0.39, 0.29) is 19.3 Å². The Morgan fingerprint density at radius 1 is 0.800 bits per heavy atom. The summed E-state index contributed by atoms with van der Waals surface area (Å²) in [6.07, 6.45) is 1.09. The van der Waals surface area contributed by atoms with Gasteiger partial charge < -0.3 is 20.4 Å². The largest absolute Gasteiger partial charge is 0.481 e. The smallest absolute Gasteiger partial charge is 0.307 e. The molecular formula is C12H20O8. The van der Waals surface area contributed by atoms with Crippen LogP contribution in [0.1, 0.15) is 45.4 Å². The maximum atomic E-state index is 10.2. The van der Waals surface area contributed by atoms with Gasteiger partial charge in [0.2, 0.25) is 0 Å². The first-order chi connectivity index (χ1) is 9.20. The summed E-state index contributed by atoms with van der Waals surface area (Å²) >= 11 is 0. The highest BCUT2D eigenvalue weighted by molar-refractivity contribution is 5.77. The molecule has 0 aromatic rings. The first kappa shape index (κ1) is 20.2. The van der Waals surface area contributed by atoms with Gasteiger partial charge in [0, 0.05) is 12.8 Å². The van der Waals surface area contributed by atoms with Crippen LogP contribution < -0.4 is 0 Å². The molecule has 0 rings (SSSR count). The Morgan fingerprint density at radius 2 is 1.20 bits per heavy atom. The predicted octanol–water partition coefficient (Wildman–Crippen LogP) is 1.29. The van der Waals surface area contributed by atoms with E-state index in [1.165, 1.54) is 0 Å². The molecule has 0 radical (unpaired) electrons.